The van der Waals surface area contributed by atoms with Gasteiger partial charge >= 0.3 is 11.9 Å². The van der Waals surface area contributed by atoms with Gasteiger partial charge in [-0.15, -0.1) is 0 Å². The summed E-state index contributed by atoms with van der Waals surface area (Å²) in [4.78, 5) is 37.7. The molecule has 11 nitrogen and oxygen atoms in total. The van der Waals surface area contributed by atoms with Crippen LogP contribution < -0.4 is 20.8 Å². The summed E-state index contributed by atoms with van der Waals surface area (Å²) >= 11 is 5.35. The van der Waals surface area contributed by atoms with Gasteiger partial charge in [-0.3, -0.25) is 4.79 Å². The van der Waals surface area contributed by atoms with Gasteiger partial charge in [-0.05, 0) is 69.7 Å². The second-order valence-corrected chi connectivity index (χ2v) is 11.3. The summed E-state index contributed by atoms with van der Waals surface area (Å²) in [6.45, 7) is 8.07. The Hall–Kier alpha value is -5.49. The van der Waals surface area contributed by atoms with E-state index in [1.807, 2.05) is 49.4 Å². The molecule has 0 saturated carbocycles. The van der Waals surface area contributed by atoms with Gasteiger partial charge in [0.1, 0.15) is 5.75 Å². The fourth-order valence-electron chi connectivity index (χ4n) is 5.57. The molecule has 1 amide bonds. The second-order valence-electron chi connectivity index (χ2n) is 10.9. The standard InChI is InChI=1S/C36H37N5O6S/c1-5-45-34(43)25-17-15-24(16-18-25)20-41-23(4)28(26-11-7-9-13-29(26)41)19-37-40-31(42)21-47-30-14-10-8-12-27(30)33-32(35(44)46-6-2)22(3)38-36(48)39-33/h7-19,33H,5-6,20-21H2,1-4H3,(H,40,42)(H2,38,39,48)/t33-/m1/s1. The average Bonchev–Trinajstić information content (AvgIpc) is 3.33. The molecule has 4 aromatic rings. The molecule has 5 rings (SSSR count). The van der Waals surface area contributed by atoms with Crippen molar-refractivity contribution in [1.29, 1.82) is 0 Å². The number of esters is 2. The molecule has 0 spiro atoms. The van der Waals surface area contributed by atoms with E-state index < -0.39 is 17.9 Å². The topological polar surface area (TPSA) is 132 Å². The van der Waals surface area contributed by atoms with Crippen LogP contribution in [-0.4, -0.2) is 53.6 Å². The van der Waals surface area contributed by atoms with Crippen molar-refractivity contribution >= 4 is 52.3 Å². The summed E-state index contributed by atoms with van der Waals surface area (Å²) in [5.74, 6) is -0.883. The van der Waals surface area contributed by atoms with Crippen LogP contribution in [0.25, 0.3) is 10.9 Å². The Labute approximate surface area is 283 Å². The summed E-state index contributed by atoms with van der Waals surface area (Å²) in [7, 11) is 0. The first-order valence-electron chi connectivity index (χ1n) is 15.5. The predicted molar refractivity (Wildman–Crippen MR) is 187 cm³/mol. The van der Waals surface area contributed by atoms with E-state index in [0.717, 1.165) is 27.7 Å². The number of rotatable bonds is 12. The van der Waals surface area contributed by atoms with Crippen molar-refractivity contribution in [1.82, 2.24) is 20.6 Å². The number of para-hydroxylation sites is 2. The molecule has 0 bridgehead atoms. The number of ether oxygens (including phenoxy) is 3. The van der Waals surface area contributed by atoms with E-state index >= 15 is 0 Å². The smallest absolute Gasteiger partial charge is 0.338 e. The molecule has 1 aliphatic rings. The summed E-state index contributed by atoms with van der Waals surface area (Å²) in [5, 5.41) is 11.7. The molecule has 0 aliphatic carbocycles. The zero-order valence-electron chi connectivity index (χ0n) is 27.2. The highest BCUT2D eigenvalue weighted by Crippen LogP contribution is 2.33. The minimum Gasteiger partial charge on any atom is -0.483 e. The second kappa shape index (κ2) is 15.4. The normalized spacial score (nSPS) is 14.4. The lowest BCUT2D eigenvalue weighted by atomic mass is 9.95. The summed E-state index contributed by atoms with van der Waals surface area (Å²) in [5.41, 5.74) is 8.49. The van der Waals surface area contributed by atoms with Crippen LogP contribution in [0, 0.1) is 6.92 Å². The molecule has 0 fully saturated rings. The Balaban J connectivity index is 1.28. The maximum Gasteiger partial charge on any atom is 0.338 e. The number of hydrazone groups is 1. The lowest BCUT2D eigenvalue weighted by molar-refractivity contribution is -0.139. The minimum atomic E-state index is -0.633. The Morgan fingerprint density at radius 3 is 2.38 bits per heavy atom. The van der Waals surface area contributed by atoms with Gasteiger partial charge in [0.2, 0.25) is 0 Å². The fourth-order valence-corrected chi connectivity index (χ4v) is 5.84. The van der Waals surface area contributed by atoms with Crippen molar-refractivity contribution in [3.05, 3.63) is 112 Å². The van der Waals surface area contributed by atoms with Crippen LogP contribution >= 0.6 is 12.2 Å². The van der Waals surface area contributed by atoms with Gasteiger partial charge < -0.3 is 29.4 Å². The van der Waals surface area contributed by atoms with Crippen molar-refractivity contribution in [3.63, 3.8) is 0 Å². The molecule has 2 heterocycles. The van der Waals surface area contributed by atoms with Crippen molar-refractivity contribution in [2.24, 2.45) is 5.10 Å². The number of amides is 1. The number of thiocarbonyl (C=S) groups is 1. The highest BCUT2D eigenvalue weighted by atomic mass is 32.1. The molecule has 0 saturated heterocycles. The molecule has 0 unspecified atom stereocenters. The summed E-state index contributed by atoms with van der Waals surface area (Å²) in [6.07, 6.45) is 1.63. The Morgan fingerprint density at radius 1 is 0.938 bits per heavy atom. The number of hydrogen-bond donors (Lipinski definition) is 3. The van der Waals surface area contributed by atoms with E-state index in [2.05, 4.69) is 25.7 Å². The number of nitrogens with one attached hydrogen (secondary N) is 3. The van der Waals surface area contributed by atoms with Crippen LogP contribution in [0.4, 0.5) is 0 Å². The third-order valence-electron chi connectivity index (χ3n) is 7.82. The molecule has 3 N–H and O–H groups in total. The van der Waals surface area contributed by atoms with Gasteiger partial charge in [0.15, 0.2) is 11.7 Å². The van der Waals surface area contributed by atoms with Gasteiger partial charge in [-0.1, -0.05) is 48.5 Å². The number of carbonyl (C=O) groups is 3. The summed E-state index contributed by atoms with van der Waals surface area (Å²) in [6, 6.07) is 21.8. The van der Waals surface area contributed by atoms with Crippen molar-refractivity contribution in [3.8, 4) is 5.75 Å². The molecule has 1 atom stereocenters. The van der Waals surface area contributed by atoms with Crippen LogP contribution in [0.1, 0.15) is 59.6 Å². The van der Waals surface area contributed by atoms with Crippen LogP contribution in [0.3, 0.4) is 0 Å². The van der Waals surface area contributed by atoms with Gasteiger partial charge in [0.25, 0.3) is 5.91 Å². The van der Waals surface area contributed by atoms with Crippen molar-refractivity contribution in [2.45, 2.75) is 40.3 Å². The van der Waals surface area contributed by atoms with E-state index in [0.29, 0.717) is 46.4 Å². The molecule has 1 aliphatic heterocycles. The molecule has 1 aromatic heterocycles. The lowest BCUT2D eigenvalue weighted by Crippen LogP contribution is -2.45. The highest BCUT2D eigenvalue weighted by Gasteiger charge is 2.32. The van der Waals surface area contributed by atoms with Crippen molar-refractivity contribution < 1.29 is 28.6 Å². The molecular formula is C36H37N5O6S. The van der Waals surface area contributed by atoms with Gasteiger partial charge in [0, 0.05) is 40.0 Å². The molecule has 0 radical (unpaired) electrons. The lowest BCUT2D eigenvalue weighted by Gasteiger charge is -2.30. The molecular weight excluding hydrogens is 630 g/mol. The minimum absolute atomic E-state index is 0.220. The maximum atomic E-state index is 12.8. The Kier molecular flexibility index (Phi) is 10.9. The van der Waals surface area contributed by atoms with E-state index in [9.17, 15) is 14.4 Å². The van der Waals surface area contributed by atoms with Crippen LogP contribution in [0.15, 0.2) is 89.2 Å². The first-order valence-corrected chi connectivity index (χ1v) is 16.0. The number of allylic oxidation sites excluding steroid dienone is 1. The molecule has 248 valence electrons. The highest BCUT2D eigenvalue weighted by molar-refractivity contribution is 7.80. The number of fused-ring (bicyclic) bond motifs is 1. The van der Waals surface area contributed by atoms with Crippen LogP contribution in [-0.2, 0) is 25.6 Å². The summed E-state index contributed by atoms with van der Waals surface area (Å²) < 4.78 is 18.5. The van der Waals surface area contributed by atoms with Gasteiger partial charge in [0.05, 0.1) is 36.6 Å². The van der Waals surface area contributed by atoms with Crippen molar-refractivity contribution in [2.75, 3.05) is 19.8 Å². The first-order chi connectivity index (χ1) is 23.2. The third kappa shape index (κ3) is 7.55. The maximum absolute atomic E-state index is 12.8. The van der Waals surface area contributed by atoms with E-state index in [4.69, 9.17) is 26.4 Å². The van der Waals surface area contributed by atoms with Gasteiger partial charge in [-0.2, -0.15) is 5.10 Å². The zero-order chi connectivity index (χ0) is 34.2. The van der Waals surface area contributed by atoms with E-state index in [1.54, 1.807) is 57.3 Å². The van der Waals surface area contributed by atoms with E-state index in [1.165, 1.54) is 0 Å². The monoisotopic (exact) mass is 667 g/mol. The number of carbonyl (C=O) groups excluding carboxylic acids is 3. The zero-order valence-corrected chi connectivity index (χ0v) is 28.0. The van der Waals surface area contributed by atoms with Crippen LogP contribution in [0.5, 0.6) is 5.75 Å². The Morgan fingerprint density at radius 2 is 1.62 bits per heavy atom. The van der Waals surface area contributed by atoms with Gasteiger partial charge in [-0.25, -0.2) is 15.0 Å². The molecule has 48 heavy (non-hydrogen) atoms. The SMILES string of the molecule is CCOC(=O)C1=C(C)NC(=S)N[C@@H]1c1ccccc1OCC(=O)NN=Cc1c(C)n(Cc2ccc(C(=O)OCC)cc2)c2ccccc12. The van der Waals surface area contributed by atoms with E-state index in [-0.39, 0.29) is 19.2 Å². The number of nitrogens with zero attached hydrogens (tertiary/aromatic N) is 2. The third-order valence-corrected chi connectivity index (χ3v) is 8.04. The predicted octanol–water partition coefficient (Wildman–Crippen LogP) is 5.06. The number of aromatic nitrogens is 1. The molecule has 12 heteroatoms. The average molecular weight is 668 g/mol. The number of hydrogen-bond acceptors (Lipinski definition) is 8. The largest absolute Gasteiger partial charge is 0.483 e. The first kappa shape index (κ1) is 33.9. The molecule has 3 aromatic carbocycles. The quantitative estimate of drug-likeness (QED) is 0.0821. The Bertz CT molecular complexity index is 1910. The number of benzene rings is 3. The fraction of sp³-hybridized carbons (Fsp3) is 0.250. The van der Waals surface area contributed by atoms with Crippen LogP contribution in [0.2, 0.25) is 0 Å².